The van der Waals surface area contributed by atoms with Gasteiger partial charge >= 0.3 is 0 Å². The lowest BCUT2D eigenvalue weighted by Crippen LogP contribution is -2.46. The van der Waals surface area contributed by atoms with Crippen molar-refractivity contribution in [1.29, 1.82) is 0 Å². The smallest absolute Gasteiger partial charge is 0.0916 e. The highest BCUT2D eigenvalue weighted by atomic mass is 35.5. The predicted octanol–water partition coefficient (Wildman–Crippen LogP) is 2.84. The van der Waals surface area contributed by atoms with Crippen LogP contribution in [0.4, 0.5) is 0 Å². The Kier molecular flexibility index (Phi) is 5.51. The van der Waals surface area contributed by atoms with Crippen molar-refractivity contribution >= 4 is 11.6 Å². The molecule has 1 aromatic heterocycles. The van der Waals surface area contributed by atoms with Crippen LogP contribution in [0.2, 0.25) is 5.02 Å². The first-order chi connectivity index (χ1) is 11.5. The molecule has 0 aliphatic carbocycles. The van der Waals surface area contributed by atoms with E-state index in [1.165, 1.54) is 0 Å². The summed E-state index contributed by atoms with van der Waals surface area (Å²) in [6, 6.07) is 13.1. The zero-order chi connectivity index (χ0) is 17.0. The van der Waals surface area contributed by atoms with E-state index in [9.17, 15) is 10.2 Å². The van der Waals surface area contributed by atoms with Crippen LogP contribution in [0.15, 0.2) is 48.7 Å². The topological polar surface area (TPSA) is 56.6 Å². The average Bonchev–Trinajstić information content (AvgIpc) is 2.58. The largest absolute Gasteiger partial charge is 0.389 e. The van der Waals surface area contributed by atoms with Crippen molar-refractivity contribution in [2.75, 3.05) is 19.6 Å². The van der Waals surface area contributed by atoms with Crippen molar-refractivity contribution in [2.45, 2.75) is 31.0 Å². The fourth-order valence-corrected chi connectivity index (χ4v) is 3.33. The van der Waals surface area contributed by atoms with Gasteiger partial charge < -0.3 is 15.1 Å². The standard InChI is InChI=1S/C19H23ClN2O2/c20-16-6-4-15(5-7-16)18(23)14-22-11-8-19(24,9-12-22)13-17-3-1-2-10-21-17/h1-7,10,18,23-24H,8-9,11-14H2/t18-/m1/s1. The SMILES string of the molecule is O[C@H](CN1CCC(O)(Cc2ccccn2)CC1)c1ccc(Cl)cc1. The Bertz CT molecular complexity index is 640. The molecule has 1 aliphatic heterocycles. The molecular weight excluding hydrogens is 324 g/mol. The Morgan fingerprint density at radius 3 is 2.46 bits per heavy atom. The zero-order valence-corrected chi connectivity index (χ0v) is 14.4. The third-order valence-corrected chi connectivity index (χ3v) is 4.96. The number of rotatable bonds is 5. The first kappa shape index (κ1) is 17.4. The van der Waals surface area contributed by atoms with E-state index in [-0.39, 0.29) is 0 Å². The maximum atomic E-state index is 10.8. The molecular formula is C19H23ClN2O2. The molecule has 1 aliphatic rings. The number of halogens is 1. The molecule has 0 unspecified atom stereocenters. The average molecular weight is 347 g/mol. The van der Waals surface area contributed by atoms with E-state index in [4.69, 9.17) is 11.6 Å². The van der Waals surface area contributed by atoms with Gasteiger partial charge in [0.1, 0.15) is 0 Å². The number of pyridine rings is 1. The highest BCUT2D eigenvalue weighted by Gasteiger charge is 2.33. The Balaban J connectivity index is 1.52. The highest BCUT2D eigenvalue weighted by molar-refractivity contribution is 6.30. The first-order valence-corrected chi connectivity index (χ1v) is 8.70. The number of benzene rings is 1. The summed E-state index contributed by atoms with van der Waals surface area (Å²) in [6.45, 7) is 2.11. The van der Waals surface area contributed by atoms with Crippen molar-refractivity contribution in [3.05, 3.63) is 64.9 Å². The quantitative estimate of drug-likeness (QED) is 0.874. The molecule has 1 fully saturated rings. The molecule has 2 heterocycles. The summed E-state index contributed by atoms with van der Waals surface area (Å²) >= 11 is 5.88. The third-order valence-electron chi connectivity index (χ3n) is 4.71. The monoisotopic (exact) mass is 346 g/mol. The summed E-state index contributed by atoms with van der Waals surface area (Å²) in [5.41, 5.74) is 1.10. The van der Waals surface area contributed by atoms with E-state index in [1.807, 2.05) is 30.3 Å². The molecule has 128 valence electrons. The molecule has 1 saturated heterocycles. The van der Waals surface area contributed by atoms with E-state index in [1.54, 1.807) is 18.3 Å². The van der Waals surface area contributed by atoms with Crippen LogP contribution in [0.25, 0.3) is 0 Å². The Hall–Kier alpha value is -1.46. The Labute approximate surface area is 147 Å². The van der Waals surface area contributed by atoms with E-state index >= 15 is 0 Å². The number of aliphatic hydroxyl groups excluding tert-OH is 1. The van der Waals surface area contributed by atoms with Gasteiger partial charge in [-0.2, -0.15) is 0 Å². The number of nitrogens with zero attached hydrogens (tertiary/aromatic N) is 2. The second-order valence-corrected chi connectivity index (χ2v) is 7.03. The van der Waals surface area contributed by atoms with Crippen molar-refractivity contribution in [1.82, 2.24) is 9.88 Å². The minimum absolute atomic E-state index is 0.538. The van der Waals surface area contributed by atoms with Gasteiger partial charge in [0, 0.05) is 43.0 Å². The summed E-state index contributed by atoms with van der Waals surface area (Å²) in [4.78, 5) is 6.51. The molecule has 1 atom stereocenters. The molecule has 0 amide bonds. The third kappa shape index (κ3) is 4.54. The molecule has 0 radical (unpaired) electrons. The van der Waals surface area contributed by atoms with Crippen LogP contribution in [0.5, 0.6) is 0 Å². The molecule has 2 N–H and O–H groups in total. The molecule has 24 heavy (non-hydrogen) atoms. The Morgan fingerprint density at radius 1 is 1.12 bits per heavy atom. The number of aromatic nitrogens is 1. The number of aliphatic hydroxyl groups is 2. The second-order valence-electron chi connectivity index (χ2n) is 6.59. The molecule has 2 aromatic rings. The van der Waals surface area contributed by atoms with E-state index < -0.39 is 11.7 Å². The summed E-state index contributed by atoms with van der Waals surface area (Å²) in [6.07, 6.45) is 3.19. The number of hydrogen-bond donors (Lipinski definition) is 2. The van der Waals surface area contributed by atoms with Gasteiger partial charge in [-0.1, -0.05) is 29.8 Å². The van der Waals surface area contributed by atoms with E-state index in [2.05, 4.69) is 9.88 Å². The second kappa shape index (κ2) is 7.62. The number of hydrogen-bond acceptors (Lipinski definition) is 4. The lowest BCUT2D eigenvalue weighted by Gasteiger charge is -2.38. The number of likely N-dealkylation sites (tertiary alicyclic amines) is 1. The fraction of sp³-hybridized carbons (Fsp3) is 0.421. The lowest BCUT2D eigenvalue weighted by atomic mass is 9.86. The summed E-state index contributed by atoms with van der Waals surface area (Å²) in [5, 5.41) is 21.8. The Morgan fingerprint density at radius 2 is 1.83 bits per heavy atom. The van der Waals surface area contributed by atoms with Gasteiger partial charge in [-0.05, 0) is 42.7 Å². The molecule has 0 bridgehead atoms. The maximum Gasteiger partial charge on any atom is 0.0916 e. The first-order valence-electron chi connectivity index (χ1n) is 8.32. The minimum atomic E-state index is -0.698. The van der Waals surface area contributed by atoms with E-state index in [0.717, 1.165) is 24.3 Å². The maximum absolute atomic E-state index is 10.8. The van der Waals surface area contributed by atoms with Gasteiger partial charge in [-0.3, -0.25) is 4.98 Å². The summed E-state index contributed by atoms with van der Waals surface area (Å²) in [7, 11) is 0. The minimum Gasteiger partial charge on any atom is -0.389 e. The van der Waals surface area contributed by atoms with Crippen LogP contribution in [0, 0.1) is 0 Å². The molecule has 4 nitrogen and oxygen atoms in total. The van der Waals surface area contributed by atoms with Gasteiger partial charge in [0.15, 0.2) is 0 Å². The van der Waals surface area contributed by atoms with Crippen LogP contribution in [-0.4, -0.2) is 45.3 Å². The van der Waals surface area contributed by atoms with Crippen LogP contribution < -0.4 is 0 Å². The van der Waals surface area contributed by atoms with Crippen LogP contribution in [-0.2, 0) is 6.42 Å². The zero-order valence-electron chi connectivity index (χ0n) is 13.6. The van der Waals surface area contributed by atoms with Gasteiger partial charge in [-0.25, -0.2) is 0 Å². The molecule has 1 aromatic carbocycles. The van der Waals surface area contributed by atoms with Crippen molar-refractivity contribution in [2.24, 2.45) is 0 Å². The summed E-state index contributed by atoms with van der Waals surface area (Å²) < 4.78 is 0. The van der Waals surface area contributed by atoms with Gasteiger partial charge in [0.25, 0.3) is 0 Å². The molecule has 0 saturated carbocycles. The molecule has 3 rings (SSSR count). The van der Waals surface area contributed by atoms with Crippen molar-refractivity contribution in [3.63, 3.8) is 0 Å². The van der Waals surface area contributed by atoms with Gasteiger partial charge in [0.2, 0.25) is 0 Å². The van der Waals surface area contributed by atoms with E-state index in [0.29, 0.717) is 30.8 Å². The normalized spacial score (nSPS) is 19.1. The number of piperidine rings is 1. The van der Waals surface area contributed by atoms with Crippen molar-refractivity contribution in [3.8, 4) is 0 Å². The lowest BCUT2D eigenvalue weighted by molar-refractivity contribution is -0.0301. The van der Waals surface area contributed by atoms with Crippen LogP contribution in [0.1, 0.15) is 30.2 Å². The molecule has 0 spiro atoms. The molecule has 5 heteroatoms. The number of β-amino-alcohol motifs (C(OH)–C–C–N with tert-alkyl or cyclic N) is 1. The predicted molar refractivity (Wildman–Crippen MR) is 95.0 cm³/mol. The van der Waals surface area contributed by atoms with Crippen LogP contribution >= 0.6 is 11.6 Å². The highest BCUT2D eigenvalue weighted by Crippen LogP contribution is 2.27. The fourth-order valence-electron chi connectivity index (χ4n) is 3.20. The van der Waals surface area contributed by atoms with Crippen molar-refractivity contribution < 1.29 is 10.2 Å². The van der Waals surface area contributed by atoms with Gasteiger partial charge in [0.05, 0.1) is 11.7 Å². The summed E-state index contributed by atoms with van der Waals surface area (Å²) in [5.74, 6) is 0. The van der Waals surface area contributed by atoms with Crippen LogP contribution in [0.3, 0.4) is 0 Å². The van der Waals surface area contributed by atoms with Gasteiger partial charge in [-0.15, -0.1) is 0 Å².